The molecule has 6 nitrogen and oxygen atoms in total. The van der Waals surface area contributed by atoms with Crippen LogP contribution >= 0.6 is 0 Å². The highest BCUT2D eigenvalue weighted by atomic mass is 32.2. The van der Waals surface area contributed by atoms with E-state index in [-0.39, 0.29) is 24.2 Å². The highest BCUT2D eigenvalue weighted by Crippen LogP contribution is 2.23. The van der Waals surface area contributed by atoms with Gasteiger partial charge in [0, 0.05) is 25.6 Å². The molecule has 2 rings (SSSR count). The fourth-order valence-electron chi connectivity index (χ4n) is 2.67. The van der Waals surface area contributed by atoms with Gasteiger partial charge in [-0.3, -0.25) is 9.69 Å². The molecule has 0 amide bonds. The molecule has 0 spiro atoms. The van der Waals surface area contributed by atoms with E-state index in [1.807, 2.05) is 6.92 Å². The third-order valence-corrected chi connectivity index (χ3v) is 4.26. The highest BCUT2D eigenvalue weighted by molar-refractivity contribution is 7.88. The minimum atomic E-state index is -3.14. The van der Waals surface area contributed by atoms with E-state index in [0.717, 1.165) is 32.4 Å². The van der Waals surface area contributed by atoms with Crippen molar-refractivity contribution in [3.63, 3.8) is 0 Å². The molecular formula is C11H20N2O4S. The third kappa shape index (κ3) is 3.43. The van der Waals surface area contributed by atoms with E-state index in [2.05, 4.69) is 9.62 Å². The number of nitrogens with one attached hydrogen (secondary N) is 1. The van der Waals surface area contributed by atoms with Crippen LogP contribution in [0, 0.1) is 0 Å². The molecule has 2 heterocycles. The van der Waals surface area contributed by atoms with Crippen molar-refractivity contribution in [2.45, 2.75) is 44.4 Å². The highest BCUT2D eigenvalue weighted by Gasteiger charge is 2.38. The van der Waals surface area contributed by atoms with Crippen molar-refractivity contribution in [2.24, 2.45) is 0 Å². The van der Waals surface area contributed by atoms with Gasteiger partial charge in [0.05, 0.1) is 6.26 Å². The molecule has 7 heteroatoms. The predicted molar refractivity (Wildman–Crippen MR) is 66.5 cm³/mol. The van der Waals surface area contributed by atoms with Crippen LogP contribution in [0.15, 0.2) is 0 Å². The summed E-state index contributed by atoms with van der Waals surface area (Å²) in [5, 5.41) is 0. The minimum Gasteiger partial charge on any atom is -0.461 e. The first-order valence-electron chi connectivity index (χ1n) is 6.27. The summed E-state index contributed by atoms with van der Waals surface area (Å²) in [5.74, 6) is -0.142. The third-order valence-electron chi connectivity index (χ3n) is 3.50. The first-order chi connectivity index (χ1) is 8.35. The largest absolute Gasteiger partial charge is 0.461 e. The summed E-state index contributed by atoms with van der Waals surface area (Å²) in [4.78, 5) is 13.7. The minimum absolute atomic E-state index is 0.00521. The Morgan fingerprint density at radius 1 is 1.33 bits per heavy atom. The SMILES string of the molecule is CC1CC(N2CCC(NS(C)(=O)=O)CC2)C(=O)O1. The van der Waals surface area contributed by atoms with Crippen LogP contribution in [0.25, 0.3) is 0 Å². The monoisotopic (exact) mass is 276 g/mol. The Kier molecular flexibility index (Phi) is 3.93. The number of likely N-dealkylation sites (tertiary alicyclic amines) is 1. The lowest BCUT2D eigenvalue weighted by Gasteiger charge is -2.34. The molecule has 2 fully saturated rings. The zero-order valence-corrected chi connectivity index (χ0v) is 11.6. The zero-order chi connectivity index (χ0) is 13.3. The van der Waals surface area contributed by atoms with Crippen molar-refractivity contribution in [1.29, 1.82) is 0 Å². The molecule has 2 unspecified atom stereocenters. The Hall–Kier alpha value is -0.660. The van der Waals surface area contributed by atoms with Crippen LogP contribution in [0.5, 0.6) is 0 Å². The van der Waals surface area contributed by atoms with Gasteiger partial charge in [0.25, 0.3) is 0 Å². The van der Waals surface area contributed by atoms with Crippen LogP contribution in [0.4, 0.5) is 0 Å². The smallest absolute Gasteiger partial charge is 0.323 e. The number of sulfonamides is 1. The number of carbonyl (C=O) groups excluding carboxylic acids is 1. The van der Waals surface area contributed by atoms with Crippen LogP contribution < -0.4 is 4.72 Å². The Morgan fingerprint density at radius 3 is 2.39 bits per heavy atom. The van der Waals surface area contributed by atoms with Gasteiger partial charge in [-0.2, -0.15) is 0 Å². The number of cyclic esters (lactones) is 1. The van der Waals surface area contributed by atoms with Gasteiger partial charge in [0.2, 0.25) is 10.0 Å². The maximum absolute atomic E-state index is 11.6. The molecule has 104 valence electrons. The molecule has 0 saturated carbocycles. The molecular weight excluding hydrogens is 256 g/mol. The van der Waals surface area contributed by atoms with Crippen LogP contribution in [0.2, 0.25) is 0 Å². The summed E-state index contributed by atoms with van der Waals surface area (Å²) < 4.78 is 30.0. The molecule has 2 aliphatic rings. The molecule has 0 bridgehead atoms. The van der Waals surface area contributed by atoms with Crippen molar-refractivity contribution < 1.29 is 17.9 Å². The number of piperidine rings is 1. The number of nitrogens with zero attached hydrogens (tertiary/aromatic N) is 1. The van der Waals surface area contributed by atoms with Gasteiger partial charge in [-0.25, -0.2) is 13.1 Å². The number of ether oxygens (including phenoxy) is 1. The summed E-state index contributed by atoms with van der Waals surface area (Å²) in [7, 11) is -3.14. The maximum atomic E-state index is 11.6. The molecule has 18 heavy (non-hydrogen) atoms. The molecule has 0 radical (unpaired) electrons. The fourth-order valence-corrected chi connectivity index (χ4v) is 3.51. The molecule has 0 aromatic heterocycles. The first-order valence-corrected chi connectivity index (χ1v) is 8.16. The van der Waals surface area contributed by atoms with E-state index in [1.54, 1.807) is 0 Å². The van der Waals surface area contributed by atoms with E-state index in [9.17, 15) is 13.2 Å². The molecule has 0 aromatic rings. The Labute approximate surface area is 108 Å². The van der Waals surface area contributed by atoms with Gasteiger partial charge >= 0.3 is 5.97 Å². The molecule has 0 aliphatic carbocycles. The summed E-state index contributed by atoms with van der Waals surface area (Å²) in [6.07, 6.45) is 3.39. The van der Waals surface area contributed by atoms with E-state index < -0.39 is 10.0 Å². The molecule has 1 N–H and O–H groups in total. The normalized spacial score (nSPS) is 31.6. The van der Waals surface area contributed by atoms with Crippen LogP contribution in [-0.2, 0) is 19.6 Å². The fraction of sp³-hybridized carbons (Fsp3) is 0.909. The van der Waals surface area contributed by atoms with Gasteiger partial charge in [-0.05, 0) is 19.8 Å². The number of esters is 1. The Bertz CT molecular complexity index is 415. The van der Waals surface area contributed by atoms with Crippen molar-refractivity contribution in [1.82, 2.24) is 9.62 Å². The summed E-state index contributed by atoms with van der Waals surface area (Å²) in [6, 6.07) is -0.148. The first kappa shape index (κ1) is 13.8. The van der Waals surface area contributed by atoms with E-state index >= 15 is 0 Å². The Balaban J connectivity index is 1.85. The average molecular weight is 276 g/mol. The van der Waals surface area contributed by atoms with Gasteiger partial charge in [0.1, 0.15) is 12.1 Å². The number of rotatable bonds is 3. The topological polar surface area (TPSA) is 75.7 Å². The molecule has 0 aromatic carbocycles. The number of hydrogen-bond donors (Lipinski definition) is 1. The van der Waals surface area contributed by atoms with Crippen molar-refractivity contribution in [2.75, 3.05) is 19.3 Å². The predicted octanol–water partition coefficient (Wildman–Crippen LogP) is -0.296. The lowest BCUT2D eigenvalue weighted by atomic mass is 10.0. The lowest BCUT2D eigenvalue weighted by molar-refractivity contribution is -0.145. The molecule has 2 aliphatic heterocycles. The van der Waals surface area contributed by atoms with Gasteiger partial charge in [-0.15, -0.1) is 0 Å². The van der Waals surface area contributed by atoms with Crippen LogP contribution in [0.1, 0.15) is 26.2 Å². The molecule has 2 atom stereocenters. The van der Waals surface area contributed by atoms with E-state index in [0.29, 0.717) is 0 Å². The van der Waals surface area contributed by atoms with Crippen LogP contribution in [0.3, 0.4) is 0 Å². The summed E-state index contributed by atoms with van der Waals surface area (Å²) in [5.41, 5.74) is 0. The standard InChI is InChI=1S/C11H20N2O4S/c1-8-7-10(11(14)17-8)13-5-3-9(4-6-13)12-18(2,15)16/h8-10,12H,3-7H2,1-2H3. The second-order valence-corrected chi connectivity index (χ2v) is 6.98. The van der Waals surface area contributed by atoms with Crippen molar-refractivity contribution >= 4 is 16.0 Å². The van der Waals surface area contributed by atoms with Gasteiger partial charge in [0.15, 0.2) is 0 Å². The Morgan fingerprint density at radius 2 is 1.94 bits per heavy atom. The second kappa shape index (κ2) is 5.14. The zero-order valence-electron chi connectivity index (χ0n) is 10.8. The van der Waals surface area contributed by atoms with Crippen molar-refractivity contribution in [3.8, 4) is 0 Å². The quantitative estimate of drug-likeness (QED) is 0.717. The van der Waals surface area contributed by atoms with Gasteiger partial charge < -0.3 is 4.74 Å². The van der Waals surface area contributed by atoms with E-state index in [4.69, 9.17) is 4.74 Å². The van der Waals surface area contributed by atoms with Crippen LogP contribution in [-0.4, -0.2) is 56.8 Å². The summed E-state index contributed by atoms with van der Waals surface area (Å²) in [6.45, 7) is 3.37. The maximum Gasteiger partial charge on any atom is 0.323 e. The number of carbonyl (C=O) groups is 1. The van der Waals surface area contributed by atoms with Crippen molar-refractivity contribution in [3.05, 3.63) is 0 Å². The second-order valence-electron chi connectivity index (χ2n) is 5.20. The lowest BCUT2D eigenvalue weighted by Crippen LogP contribution is -2.49. The summed E-state index contributed by atoms with van der Waals surface area (Å²) >= 11 is 0. The van der Waals surface area contributed by atoms with E-state index in [1.165, 1.54) is 6.26 Å². The number of hydrogen-bond acceptors (Lipinski definition) is 5. The van der Waals surface area contributed by atoms with Gasteiger partial charge in [-0.1, -0.05) is 0 Å². The average Bonchev–Trinajstić information content (AvgIpc) is 2.57. The molecule has 2 saturated heterocycles.